The van der Waals surface area contributed by atoms with Crippen molar-refractivity contribution in [1.29, 1.82) is 0 Å². The van der Waals surface area contributed by atoms with E-state index < -0.39 is 0 Å². The first kappa shape index (κ1) is 22.6. The van der Waals surface area contributed by atoms with Crippen molar-refractivity contribution >= 4 is 43.6 Å². The summed E-state index contributed by atoms with van der Waals surface area (Å²) in [7, 11) is 0. The van der Waals surface area contributed by atoms with Gasteiger partial charge in [0.1, 0.15) is 0 Å². The van der Waals surface area contributed by atoms with E-state index in [9.17, 15) is 4.79 Å². The average molecular weight is 509 g/mol. The first-order valence-electron chi connectivity index (χ1n) is 12.8. The zero-order valence-electron chi connectivity index (χ0n) is 19.8. The van der Waals surface area contributed by atoms with Crippen LogP contribution in [0.4, 0.5) is 0 Å². The largest absolute Gasteiger partial charge is 0.306 e. The Balaban J connectivity index is 1.77. The van der Waals surface area contributed by atoms with Crippen LogP contribution in [0.15, 0.2) is 45.7 Å². The second kappa shape index (κ2) is 9.61. The van der Waals surface area contributed by atoms with Crippen LogP contribution in [0.3, 0.4) is 0 Å². The number of rotatable bonds is 8. The van der Waals surface area contributed by atoms with Crippen LogP contribution in [-0.2, 0) is 0 Å². The van der Waals surface area contributed by atoms with Gasteiger partial charge in [0, 0.05) is 10.5 Å². The normalized spacial score (nSPS) is 15.8. The zero-order valence-corrected chi connectivity index (χ0v) is 21.4. The Morgan fingerprint density at radius 2 is 1.82 bits per heavy atom. The van der Waals surface area contributed by atoms with Gasteiger partial charge in [0.05, 0.1) is 21.9 Å². The fourth-order valence-corrected chi connectivity index (χ4v) is 6.41. The SMILES string of the molecule is CCCCCC(CCC)c1ccc2c(c1)n(C1CCCC1)c1nc(=O)c3c(Br)cccc3n21. The highest BCUT2D eigenvalue weighted by Gasteiger charge is 2.25. The molecule has 1 aliphatic carbocycles. The summed E-state index contributed by atoms with van der Waals surface area (Å²) in [5.41, 5.74) is 4.61. The molecule has 1 atom stereocenters. The molecule has 33 heavy (non-hydrogen) atoms. The summed E-state index contributed by atoms with van der Waals surface area (Å²) in [6.07, 6.45) is 12.3. The summed E-state index contributed by atoms with van der Waals surface area (Å²) in [5, 5.41) is 0.660. The Bertz CT molecular complexity index is 1350. The van der Waals surface area contributed by atoms with Crippen LogP contribution in [0, 0.1) is 0 Å². The monoisotopic (exact) mass is 507 g/mol. The van der Waals surface area contributed by atoms with Crippen molar-refractivity contribution in [3.05, 3.63) is 56.8 Å². The van der Waals surface area contributed by atoms with Crippen LogP contribution >= 0.6 is 15.9 Å². The molecule has 1 fully saturated rings. The number of imidazole rings is 1. The lowest BCUT2D eigenvalue weighted by molar-refractivity contribution is 0.527. The van der Waals surface area contributed by atoms with Crippen LogP contribution < -0.4 is 5.56 Å². The molecule has 0 aliphatic heterocycles. The molecule has 2 aromatic carbocycles. The predicted molar refractivity (Wildman–Crippen MR) is 141 cm³/mol. The summed E-state index contributed by atoms with van der Waals surface area (Å²) in [5.74, 6) is 1.39. The van der Waals surface area contributed by atoms with E-state index in [-0.39, 0.29) is 5.56 Å². The highest BCUT2D eigenvalue weighted by atomic mass is 79.9. The first-order chi connectivity index (χ1) is 16.1. The third-order valence-corrected chi connectivity index (χ3v) is 8.18. The predicted octanol–water partition coefficient (Wildman–Crippen LogP) is 8.14. The fraction of sp³-hybridized carbons (Fsp3) is 0.500. The second-order valence-electron chi connectivity index (χ2n) is 9.72. The van der Waals surface area contributed by atoms with Gasteiger partial charge in [-0.05, 0) is 77.4 Å². The Hall–Kier alpha value is -2.14. The summed E-state index contributed by atoms with van der Waals surface area (Å²) >= 11 is 3.59. The molecular formula is C28H34BrN3O. The highest BCUT2D eigenvalue weighted by Crippen LogP contribution is 2.38. The molecular weight excluding hydrogens is 474 g/mol. The lowest BCUT2D eigenvalue weighted by Crippen LogP contribution is -2.14. The summed E-state index contributed by atoms with van der Waals surface area (Å²) in [4.78, 5) is 17.8. The number of hydrogen-bond acceptors (Lipinski definition) is 2. The molecule has 0 radical (unpaired) electrons. The van der Waals surface area contributed by atoms with Gasteiger partial charge in [-0.15, -0.1) is 0 Å². The minimum absolute atomic E-state index is 0.150. The third kappa shape index (κ3) is 4.03. The third-order valence-electron chi connectivity index (χ3n) is 7.52. The average Bonchev–Trinajstić information content (AvgIpc) is 3.44. The van der Waals surface area contributed by atoms with Crippen LogP contribution in [0.5, 0.6) is 0 Å². The minimum Gasteiger partial charge on any atom is -0.306 e. The molecule has 4 nitrogen and oxygen atoms in total. The van der Waals surface area contributed by atoms with Crippen molar-refractivity contribution in [2.24, 2.45) is 0 Å². The van der Waals surface area contributed by atoms with Gasteiger partial charge in [0.2, 0.25) is 5.78 Å². The maximum Gasteiger partial charge on any atom is 0.283 e. The van der Waals surface area contributed by atoms with Crippen LogP contribution in [0.1, 0.15) is 95.6 Å². The van der Waals surface area contributed by atoms with Gasteiger partial charge in [-0.3, -0.25) is 9.20 Å². The number of aromatic nitrogens is 3. The summed E-state index contributed by atoms with van der Waals surface area (Å²) < 4.78 is 5.41. The van der Waals surface area contributed by atoms with Gasteiger partial charge in [0.15, 0.2) is 0 Å². The second-order valence-corrected chi connectivity index (χ2v) is 10.6. The summed E-state index contributed by atoms with van der Waals surface area (Å²) in [6.45, 7) is 4.57. The van der Waals surface area contributed by atoms with E-state index in [4.69, 9.17) is 0 Å². The molecule has 0 bridgehead atoms. The Kier molecular flexibility index (Phi) is 6.60. The number of fused-ring (bicyclic) bond motifs is 5. The molecule has 4 aromatic rings. The molecule has 0 spiro atoms. The smallest absolute Gasteiger partial charge is 0.283 e. The lowest BCUT2D eigenvalue weighted by Gasteiger charge is -2.18. The molecule has 0 amide bonds. The van der Waals surface area contributed by atoms with E-state index in [2.05, 4.69) is 61.9 Å². The van der Waals surface area contributed by atoms with E-state index in [1.807, 2.05) is 18.2 Å². The van der Waals surface area contributed by atoms with Crippen LogP contribution in [0.25, 0.3) is 27.7 Å². The Morgan fingerprint density at radius 3 is 2.58 bits per heavy atom. The molecule has 2 heterocycles. The van der Waals surface area contributed by atoms with Crippen molar-refractivity contribution in [3.8, 4) is 0 Å². The van der Waals surface area contributed by atoms with E-state index in [1.54, 1.807) is 0 Å². The van der Waals surface area contributed by atoms with Gasteiger partial charge in [0.25, 0.3) is 5.56 Å². The van der Waals surface area contributed by atoms with Crippen molar-refractivity contribution in [3.63, 3.8) is 0 Å². The minimum atomic E-state index is -0.150. The fourth-order valence-electron chi connectivity index (χ4n) is 5.89. The van der Waals surface area contributed by atoms with Crippen molar-refractivity contribution in [2.75, 3.05) is 0 Å². The lowest BCUT2D eigenvalue weighted by atomic mass is 9.89. The summed E-state index contributed by atoms with van der Waals surface area (Å²) in [6, 6.07) is 13.4. The van der Waals surface area contributed by atoms with Crippen LogP contribution in [0.2, 0.25) is 0 Å². The van der Waals surface area contributed by atoms with Crippen molar-refractivity contribution in [1.82, 2.24) is 14.0 Å². The van der Waals surface area contributed by atoms with E-state index in [0.717, 1.165) is 34.1 Å². The number of halogens is 1. The van der Waals surface area contributed by atoms with E-state index >= 15 is 0 Å². The maximum atomic E-state index is 13.1. The molecule has 5 rings (SSSR count). The van der Waals surface area contributed by atoms with Gasteiger partial charge in [-0.2, -0.15) is 4.98 Å². The highest BCUT2D eigenvalue weighted by molar-refractivity contribution is 9.10. The number of nitrogens with zero attached hydrogens (tertiary/aromatic N) is 3. The molecule has 0 saturated heterocycles. The number of hydrogen-bond donors (Lipinski definition) is 0. The van der Waals surface area contributed by atoms with Gasteiger partial charge < -0.3 is 4.57 Å². The standard InChI is InChI=1S/C28H34BrN3O/c1-3-5-6-11-19(10-4-2)20-16-17-23-25(18-20)31(21-12-7-8-13-21)28-30-27(33)26-22(29)14-9-15-24(26)32(23)28/h9,14-19,21H,3-8,10-13H2,1-2H3. The van der Waals surface area contributed by atoms with Gasteiger partial charge in [-0.1, -0.05) is 64.5 Å². The number of unbranched alkanes of at least 4 members (excludes halogenated alkanes) is 2. The van der Waals surface area contributed by atoms with Crippen LogP contribution in [-0.4, -0.2) is 14.0 Å². The molecule has 5 heteroatoms. The van der Waals surface area contributed by atoms with Crippen molar-refractivity contribution < 1.29 is 0 Å². The maximum absolute atomic E-state index is 13.1. The van der Waals surface area contributed by atoms with Gasteiger partial charge >= 0.3 is 0 Å². The molecule has 1 saturated carbocycles. The molecule has 174 valence electrons. The zero-order chi connectivity index (χ0) is 22.9. The number of benzene rings is 2. The first-order valence-corrected chi connectivity index (χ1v) is 13.6. The Morgan fingerprint density at radius 1 is 1.00 bits per heavy atom. The molecule has 2 aromatic heterocycles. The Labute approximate surface area is 204 Å². The molecule has 0 N–H and O–H groups in total. The quantitative estimate of drug-likeness (QED) is 0.225. The molecule has 1 unspecified atom stereocenters. The molecule has 1 aliphatic rings. The van der Waals surface area contributed by atoms with Crippen molar-refractivity contribution in [2.45, 2.75) is 90.0 Å². The van der Waals surface area contributed by atoms with E-state index in [1.165, 1.54) is 62.4 Å². The van der Waals surface area contributed by atoms with Gasteiger partial charge in [-0.25, -0.2) is 0 Å². The van der Waals surface area contributed by atoms with E-state index in [0.29, 0.717) is 17.3 Å². The topological polar surface area (TPSA) is 39.3 Å².